The third-order valence-corrected chi connectivity index (χ3v) is 2.84. The van der Waals surface area contributed by atoms with E-state index in [9.17, 15) is 0 Å². The third kappa shape index (κ3) is 1.39. The Bertz CT molecular complexity index is 521. The Labute approximate surface area is 89.9 Å². The topological polar surface area (TPSA) is 0 Å². The van der Waals surface area contributed by atoms with E-state index in [1.807, 2.05) is 6.07 Å². The first-order chi connectivity index (χ1) is 7.45. The van der Waals surface area contributed by atoms with Gasteiger partial charge >= 0.3 is 0 Å². The van der Waals surface area contributed by atoms with Crippen LogP contribution in [0.1, 0.15) is 11.1 Å². The average molecular weight is 191 g/mol. The molecule has 0 amide bonds. The fourth-order valence-corrected chi connectivity index (χ4v) is 2.09. The quantitative estimate of drug-likeness (QED) is 0.595. The van der Waals surface area contributed by atoms with E-state index in [-0.39, 0.29) is 0 Å². The van der Waals surface area contributed by atoms with Crippen molar-refractivity contribution in [2.45, 2.75) is 6.42 Å². The summed E-state index contributed by atoms with van der Waals surface area (Å²) in [6, 6.07) is 17.9. The normalized spacial score (nSPS) is 12.8. The number of hydrogen-bond donors (Lipinski definition) is 0. The maximum absolute atomic E-state index is 3.16. The summed E-state index contributed by atoms with van der Waals surface area (Å²) in [4.78, 5) is 0. The molecule has 0 saturated carbocycles. The zero-order valence-electron chi connectivity index (χ0n) is 8.40. The summed E-state index contributed by atoms with van der Waals surface area (Å²) in [5, 5.41) is 0. The molecule has 2 aromatic rings. The zero-order chi connectivity index (χ0) is 10.1. The number of benzene rings is 2. The molecule has 0 heterocycles. The molecule has 0 saturated heterocycles. The smallest absolute Gasteiger partial charge is 0.00879 e. The van der Waals surface area contributed by atoms with Gasteiger partial charge < -0.3 is 0 Å². The average Bonchev–Trinajstić information content (AvgIpc) is 2.48. The third-order valence-electron chi connectivity index (χ3n) is 2.84. The van der Waals surface area contributed by atoms with E-state index in [2.05, 4.69) is 54.6 Å². The van der Waals surface area contributed by atoms with E-state index < -0.39 is 0 Å². The molecule has 0 bridgehead atoms. The van der Waals surface area contributed by atoms with Crippen LogP contribution in [-0.4, -0.2) is 0 Å². The molecule has 0 aliphatic heterocycles. The molecular formula is C15H11. The lowest BCUT2D eigenvalue weighted by Gasteiger charge is -2.07. The van der Waals surface area contributed by atoms with Gasteiger partial charge in [0.2, 0.25) is 0 Å². The van der Waals surface area contributed by atoms with Gasteiger partial charge in [0.15, 0.2) is 0 Å². The second-order valence-electron chi connectivity index (χ2n) is 3.78. The molecule has 71 valence electrons. The predicted octanol–water partition coefficient (Wildman–Crippen LogP) is 3.72. The fraction of sp³-hybridized carbons (Fsp3) is 0.0667. The molecule has 1 radical (unpaired) electrons. The maximum Gasteiger partial charge on any atom is -0.00879 e. The Morgan fingerprint density at radius 3 is 2.93 bits per heavy atom. The van der Waals surface area contributed by atoms with Gasteiger partial charge in [-0.15, -0.1) is 0 Å². The molecule has 0 atom stereocenters. The molecule has 0 N–H and O–H groups in total. The molecule has 0 unspecified atom stereocenters. The summed E-state index contributed by atoms with van der Waals surface area (Å²) < 4.78 is 0. The second-order valence-corrected chi connectivity index (χ2v) is 3.78. The Kier molecular flexibility index (Phi) is 1.92. The number of fused-ring (bicyclic) bond motifs is 3. The molecule has 1 aliphatic carbocycles. The minimum absolute atomic E-state index is 1.02. The molecule has 0 fully saturated rings. The fourth-order valence-electron chi connectivity index (χ4n) is 2.09. The Morgan fingerprint density at radius 1 is 1.00 bits per heavy atom. The van der Waals surface area contributed by atoms with E-state index in [1.54, 1.807) is 0 Å². The highest BCUT2D eigenvalue weighted by molar-refractivity contribution is 5.79. The lowest BCUT2D eigenvalue weighted by Crippen LogP contribution is -1.86. The first-order valence-electron chi connectivity index (χ1n) is 5.20. The summed E-state index contributed by atoms with van der Waals surface area (Å²) in [5.74, 6) is 0. The predicted molar refractivity (Wildman–Crippen MR) is 63.5 cm³/mol. The van der Waals surface area contributed by atoms with Crippen LogP contribution >= 0.6 is 0 Å². The van der Waals surface area contributed by atoms with Crippen molar-refractivity contribution >= 4 is 6.08 Å². The van der Waals surface area contributed by atoms with E-state index in [1.165, 1.54) is 22.3 Å². The minimum atomic E-state index is 1.02. The zero-order valence-corrected chi connectivity index (χ0v) is 8.40. The van der Waals surface area contributed by atoms with Crippen molar-refractivity contribution in [2.24, 2.45) is 0 Å². The summed E-state index contributed by atoms with van der Waals surface area (Å²) >= 11 is 0. The van der Waals surface area contributed by atoms with Crippen LogP contribution in [0, 0.1) is 6.07 Å². The van der Waals surface area contributed by atoms with Gasteiger partial charge in [0.05, 0.1) is 0 Å². The van der Waals surface area contributed by atoms with Gasteiger partial charge in [-0.05, 0) is 40.8 Å². The first-order valence-corrected chi connectivity index (χ1v) is 5.20. The summed E-state index contributed by atoms with van der Waals surface area (Å²) in [6.07, 6.45) is 5.44. The van der Waals surface area contributed by atoms with Gasteiger partial charge in [-0.2, -0.15) is 0 Å². The lowest BCUT2D eigenvalue weighted by molar-refractivity contribution is 1.29. The minimum Gasteiger partial charge on any atom is -0.0795 e. The van der Waals surface area contributed by atoms with Crippen LogP contribution in [0.15, 0.2) is 48.5 Å². The van der Waals surface area contributed by atoms with Crippen LogP contribution in [0.3, 0.4) is 0 Å². The van der Waals surface area contributed by atoms with Crippen molar-refractivity contribution < 1.29 is 0 Å². The summed E-state index contributed by atoms with van der Waals surface area (Å²) in [5.41, 5.74) is 5.32. The van der Waals surface area contributed by atoms with Crippen LogP contribution in [0.4, 0.5) is 0 Å². The largest absolute Gasteiger partial charge is 0.0795 e. The molecular weight excluding hydrogens is 180 g/mol. The molecule has 0 nitrogen and oxygen atoms in total. The standard InChI is InChI=1S/C15H11/c1-3-10-14-12(6-1)8-5-9-13-7-2-4-11-15(13)14/h1-3,5-7,9-11H,8H2. The number of allylic oxidation sites excluding steroid dienone is 1. The summed E-state index contributed by atoms with van der Waals surface area (Å²) in [7, 11) is 0. The van der Waals surface area contributed by atoms with Crippen molar-refractivity contribution in [3.63, 3.8) is 0 Å². The molecule has 0 aromatic heterocycles. The monoisotopic (exact) mass is 191 g/mol. The maximum atomic E-state index is 3.16. The van der Waals surface area contributed by atoms with Gasteiger partial charge in [-0.3, -0.25) is 0 Å². The van der Waals surface area contributed by atoms with E-state index in [0.717, 1.165) is 6.42 Å². The lowest BCUT2D eigenvalue weighted by atomic mass is 9.97. The van der Waals surface area contributed by atoms with Crippen molar-refractivity contribution in [1.29, 1.82) is 0 Å². The van der Waals surface area contributed by atoms with Crippen LogP contribution in [0.5, 0.6) is 0 Å². The van der Waals surface area contributed by atoms with E-state index in [0.29, 0.717) is 0 Å². The first kappa shape index (κ1) is 8.49. The van der Waals surface area contributed by atoms with Crippen molar-refractivity contribution in [3.05, 3.63) is 65.7 Å². The molecule has 0 heteroatoms. The van der Waals surface area contributed by atoms with Gasteiger partial charge in [-0.25, -0.2) is 0 Å². The van der Waals surface area contributed by atoms with Gasteiger partial charge in [-0.1, -0.05) is 48.6 Å². The van der Waals surface area contributed by atoms with Crippen LogP contribution in [0.2, 0.25) is 0 Å². The van der Waals surface area contributed by atoms with Crippen molar-refractivity contribution in [2.75, 3.05) is 0 Å². The van der Waals surface area contributed by atoms with Gasteiger partial charge in [0.1, 0.15) is 0 Å². The van der Waals surface area contributed by atoms with E-state index in [4.69, 9.17) is 0 Å². The second kappa shape index (κ2) is 3.39. The Morgan fingerprint density at radius 2 is 1.93 bits per heavy atom. The van der Waals surface area contributed by atoms with Gasteiger partial charge in [0, 0.05) is 0 Å². The molecule has 0 spiro atoms. The van der Waals surface area contributed by atoms with Crippen LogP contribution in [0.25, 0.3) is 17.2 Å². The van der Waals surface area contributed by atoms with Crippen LogP contribution < -0.4 is 0 Å². The Balaban J connectivity index is 2.33. The number of hydrogen-bond acceptors (Lipinski definition) is 0. The van der Waals surface area contributed by atoms with Crippen LogP contribution in [-0.2, 0) is 6.42 Å². The molecule has 1 aliphatic rings. The molecule has 2 aromatic carbocycles. The molecule has 15 heavy (non-hydrogen) atoms. The number of rotatable bonds is 0. The van der Waals surface area contributed by atoms with Crippen molar-refractivity contribution in [1.82, 2.24) is 0 Å². The highest BCUT2D eigenvalue weighted by Gasteiger charge is 2.08. The Hall–Kier alpha value is -1.82. The molecule has 3 rings (SSSR count). The SMILES string of the molecule is [c]1ccc2c(c1)-c1ccccc1CC=C2. The van der Waals surface area contributed by atoms with Crippen molar-refractivity contribution in [3.8, 4) is 11.1 Å². The summed E-state index contributed by atoms with van der Waals surface area (Å²) in [6.45, 7) is 0. The van der Waals surface area contributed by atoms with Gasteiger partial charge in [0.25, 0.3) is 0 Å². The highest BCUT2D eigenvalue weighted by atomic mass is 14.1. The highest BCUT2D eigenvalue weighted by Crippen LogP contribution is 2.30. The van der Waals surface area contributed by atoms with E-state index >= 15 is 0 Å².